The zero-order valence-electron chi connectivity index (χ0n) is 22.3. The molecule has 0 aliphatic carbocycles. The third kappa shape index (κ3) is 5.46. The van der Waals surface area contributed by atoms with Gasteiger partial charge in [-0.05, 0) is 24.5 Å². The van der Waals surface area contributed by atoms with Gasteiger partial charge in [0.05, 0.1) is 19.4 Å². The zero-order valence-corrected chi connectivity index (χ0v) is 22.3. The van der Waals surface area contributed by atoms with Crippen molar-refractivity contribution in [2.24, 2.45) is 0 Å². The molecule has 3 amide bonds. The molecule has 1 N–H and O–H groups in total. The van der Waals surface area contributed by atoms with Gasteiger partial charge >= 0.3 is 6.03 Å². The number of nitriles is 1. The second-order valence-corrected chi connectivity index (χ2v) is 9.74. The SMILES string of the molecule is CO[C@H]1CCN(Cc2cc3c(nc2C=O)N(C(=O)Nc2cc(O[C@@H]4COC[C@H]4OC)c(C#N)cn2)CCC3)C1=O. The molecule has 0 spiro atoms. The minimum Gasteiger partial charge on any atom is -0.484 e. The van der Waals surface area contributed by atoms with E-state index >= 15 is 0 Å². The zero-order chi connectivity index (χ0) is 28.2. The van der Waals surface area contributed by atoms with Crippen LogP contribution >= 0.6 is 0 Å². The fraction of sp³-hybridized carbons (Fsp3) is 0.481. The smallest absolute Gasteiger partial charge is 0.328 e. The molecule has 0 saturated carbocycles. The summed E-state index contributed by atoms with van der Waals surface area (Å²) in [5.74, 6) is 0.705. The minimum atomic E-state index is -0.488. The van der Waals surface area contributed by atoms with Crippen LogP contribution in [0.3, 0.4) is 0 Å². The van der Waals surface area contributed by atoms with Gasteiger partial charge in [0.15, 0.2) is 12.4 Å². The number of rotatable bonds is 8. The number of carbonyl (C=O) groups excluding carboxylic acids is 3. The number of aryl methyl sites for hydroxylation is 1. The Morgan fingerprint density at radius 1 is 1.25 bits per heavy atom. The van der Waals surface area contributed by atoms with Crippen LogP contribution in [0, 0.1) is 11.3 Å². The summed E-state index contributed by atoms with van der Waals surface area (Å²) in [4.78, 5) is 49.7. The van der Waals surface area contributed by atoms with Gasteiger partial charge in [-0.25, -0.2) is 14.8 Å². The van der Waals surface area contributed by atoms with Crippen molar-refractivity contribution < 1.29 is 33.3 Å². The molecule has 2 fully saturated rings. The maximum Gasteiger partial charge on any atom is 0.328 e. The number of carbonyl (C=O) groups is 3. The van der Waals surface area contributed by atoms with Crippen LogP contribution in [0.1, 0.15) is 40.0 Å². The van der Waals surface area contributed by atoms with E-state index < -0.39 is 18.2 Å². The molecule has 5 rings (SSSR count). The van der Waals surface area contributed by atoms with Gasteiger partial charge < -0.3 is 23.8 Å². The lowest BCUT2D eigenvalue weighted by Gasteiger charge is -2.29. The number of aromatic nitrogens is 2. The summed E-state index contributed by atoms with van der Waals surface area (Å²) in [5, 5.41) is 12.3. The Bertz CT molecular complexity index is 1350. The first kappa shape index (κ1) is 27.4. The van der Waals surface area contributed by atoms with E-state index in [-0.39, 0.29) is 41.4 Å². The quantitative estimate of drug-likeness (QED) is 0.480. The summed E-state index contributed by atoms with van der Waals surface area (Å²) >= 11 is 0. The Kier molecular flexibility index (Phi) is 8.20. The van der Waals surface area contributed by atoms with Gasteiger partial charge in [0.1, 0.15) is 46.9 Å². The van der Waals surface area contributed by atoms with Crippen molar-refractivity contribution in [1.82, 2.24) is 14.9 Å². The minimum absolute atomic E-state index is 0.116. The average molecular weight is 551 g/mol. The van der Waals surface area contributed by atoms with Crippen LogP contribution in [0.5, 0.6) is 5.75 Å². The number of hydrogen-bond acceptors (Lipinski definition) is 10. The van der Waals surface area contributed by atoms with Gasteiger partial charge in [-0.15, -0.1) is 0 Å². The van der Waals surface area contributed by atoms with E-state index in [2.05, 4.69) is 15.3 Å². The van der Waals surface area contributed by atoms with E-state index in [9.17, 15) is 19.6 Å². The topological polar surface area (TPSA) is 156 Å². The van der Waals surface area contributed by atoms with Crippen molar-refractivity contribution in [3.05, 3.63) is 40.7 Å². The molecule has 13 heteroatoms. The molecule has 0 unspecified atom stereocenters. The maximum atomic E-state index is 13.3. The molecule has 5 heterocycles. The highest BCUT2D eigenvalue weighted by molar-refractivity contribution is 6.01. The molecule has 3 atom stereocenters. The molecular weight excluding hydrogens is 520 g/mol. The number of amides is 3. The molecule has 2 aromatic rings. The van der Waals surface area contributed by atoms with Crippen molar-refractivity contribution in [3.8, 4) is 11.8 Å². The Hall–Kier alpha value is -4.12. The molecule has 2 saturated heterocycles. The highest BCUT2D eigenvalue weighted by Gasteiger charge is 2.33. The lowest BCUT2D eigenvalue weighted by Crippen LogP contribution is -2.40. The normalized spacial score (nSPS) is 22.1. The van der Waals surface area contributed by atoms with Crippen LogP contribution in [-0.4, -0.2) is 91.9 Å². The van der Waals surface area contributed by atoms with Crippen LogP contribution in [0.4, 0.5) is 16.4 Å². The number of fused-ring (bicyclic) bond motifs is 1. The van der Waals surface area contributed by atoms with E-state index in [0.29, 0.717) is 63.2 Å². The third-order valence-corrected chi connectivity index (χ3v) is 7.31. The molecule has 0 bridgehead atoms. The summed E-state index contributed by atoms with van der Waals surface area (Å²) < 4.78 is 22.0. The number of ether oxygens (including phenoxy) is 4. The molecular formula is C27H30N6O7. The Morgan fingerprint density at radius 3 is 2.80 bits per heavy atom. The van der Waals surface area contributed by atoms with E-state index in [4.69, 9.17) is 18.9 Å². The maximum absolute atomic E-state index is 13.3. The first-order chi connectivity index (χ1) is 19.4. The number of urea groups is 1. The van der Waals surface area contributed by atoms with Gasteiger partial charge in [-0.2, -0.15) is 5.26 Å². The largest absolute Gasteiger partial charge is 0.484 e. The van der Waals surface area contributed by atoms with E-state index in [1.165, 1.54) is 24.3 Å². The Balaban J connectivity index is 1.34. The van der Waals surface area contributed by atoms with Gasteiger partial charge in [-0.1, -0.05) is 0 Å². The van der Waals surface area contributed by atoms with Gasteiger partial charge in [0.25, 0.3) is 5.91 Å². The molecule has 3 aliphatic rings. The average Bonchev–Trinajstić information content (AvgIpc) is 3.57. The van der Waals surface area contributed by atoms with Gasteiger partial charge in [0.2, 0.25) is 0 Å². The van der Waals surface area contributed by atoms with Crippen LogP contribution < -0.4 is 15.0 Å². The van der Waals surface area contributed by atoms with Crippen molar-refractivity contribution in [2.45, 2.75) is 44.1 Å². The number of hydrogen-bond donors (Lipinski definition) is 1. The number of nitrogens with one attached hydrogen (secondary N) is 1. The molecule has 2 aromatic heterocycles. The summed E-state index contributed by atoms with van der Waals surface area (Å²) in [6.45, 7) is 1.85. The van der Waals surface area contributed by atoms with Gasteiger partial charge in [0, 0.05) is 51.9 Å². The summed E-state index contributed by atoms with van der Waals surface area (Å²) in [6, 6.07) is 4.89. The molecule has 210 valence electrons. The van der Waals surface area contributed by atoms with Crippen LogP contribution in [-0.2, 0) is 32.0 Å². The van der Waals surface area contributed by atoms with Crippen LogP contribution in [0.25, 0.3) is 0 Å². The van der Waals surface area contributed by atoms with Crippen molar-refractivity contribution in [1.29, 1.82) is 5.26 Å². The van der Waals surface area contributed by atoms with Crippen molar-refractivity contribution in [3.63, 3.8) is 0 Å². The van der Waals surface area contributed by atoms with Crippen LogP contribution in [0.15, 0.2) is 18.3 Å². The summed E-state index contributed by atoms with van der Waals surface area (Å²) in [5.41, 5.74) is 1.81. The number of anilines is 2. The third-order valence-electron chi connectivity index (χ3n) is 7.31. The number of nitrogens with zero attached hydrogens (tertiary/aromatic N) is 5. The molecule has 13 nitrogen and oxygen atoms in total. The molecule has 3 aliphatic heterocycles. The first-order valence-electron chi connectivity index (χ1n) is 13.0. The highest BCUT2D eigenvalue weighted by atomic mass is 16.6. The fourth-order valence-electron chi connectivity index (χ4n) is 5.15. The Morgan fingerprint density at radius 2 is 2.08 bits per heavy atom. The highest BCUT2D eigenvalue weighted by Crippen LogP contribution is 2.30. The van der Waals surface area contributed by atoms with Crippen LogP contribution in [0.2, 0.25) is 0 Å². The van der Waals surface area contributed by atoms with Gasteiger partial charge in [-0.3, -0.25) is 19.8 Å². The molecule has 0 aromatic carbocycles. The summed E-state index contributed by atoms with van der Waals surface area (Å²) in [7, 11) is 3.07. The lowest BCUT2D eigenvalue weighted by molar-refractivity contribution is -0.136. The van der Waals surface area contributed by atoms with Crippen molar-refractivity contribution in [2.75, 3.05) is 50.7 Å². The van der Waals surface area contributed by atoms with E-state index in [0.717, 1.165) is 5.56 Å². The fourth-order valence-corrected chi connectivity index (χ4v) is 5.15. The molecule has 0 radical (unpaired) electrons. The van der Waals surface area contributed by atoms with E-state index in [1.807, 2.05) is 12.1 Å². The Labute approximate surface area is 231 Å². The first-order valence-corrected chi connectivity index (χ1v) is 13.0. The lowest BCUT2D eigenvalue weighted by atomic mass is 10.0. The molecule has 40 heavy (non-hydrogen) atoms. The standard InChI is InChI=1S/C27H30N6O7/c1-37-20-5-7-32(26(20)35)12-17-8-16-4-3-6-33(25(16)30-19(17)13-34)27(36)31-24-9-21(18(10-28)11-29-24)40-23-15-39-14-22(23)38-2/h8-9,11,13,20,22-23H,3-7,12,14-15H2,1-2H3,(H,29,31,36)/t20-,22+,23+/m0/s1. The monoisotopic (exact) mass is 550 g/mol. The predicted molar refractivity (Wildman–Crippen MR) is 140 cm³/mol. The van der Waals surface area contributed by atoms with E-state index in [1.54, 1.807) is 12.0 Å². The number of aldehydes is 1. The predicted octanol–water partition coefficient (Wildman–Crippen LogP) is 1.69. The second kappa shape index (κ2) is 12.0. The summed E-state index contributed by atoms with van der Waals surface area (Å²) in [6.07, 6.45) is 2.75. The number of pyridine rings is 2. The number of likely N-dealkylation sites (tertiary alicyclic amines) is 1. The van der Waals surface area contributed by atoms with Crippen molar-refractivity contribution >= 4 is 29.9 Å². The number of methoxy groups -OCH3 is 2. The second-order valence-electron chi connectivity index (χ2n) is 9.74.